The third-order valence-corrected chi connectivity index (χ3v) is 7.42. The number of benzene rings is 2. The van der Waals surface area contributed by atoms with E-state index < -0.39 is 0 Å². The minimum absolute atomic E-state index is 0.0849. The summed E-state index contributed by atoms with van der Waals surface area (Å²) < 4.78 is 12.1. The molecule has 0 saturated heterocycles. The Morgan fingerprint density at radius 1 is 1.15 bits per heavy atom. The van der Waals surface area contributed by atoms with Crippen LogP contribution in [0.3, 0.4) is 0 Å². The zero-order chi connectivity index (χ0) is 24.3. The van der Waals surface area contributed by atoms with Crippen LogP contribution in [-0.4, -0.2) is 23.0 Å². The third kappa shape index (κ3) is 6.18. The highest BCUT2D eigenvalue weighted by Gasteiger charge is 2.18. The monoisotopic (exact) mass is 495 g/mol. The topological polar surface area (TPSA) is 77.2 Å². The number of amides is 1. The lowest BCUT2D eigenvalue weighted by molar-refractivity contribution is -0.117. The number of carbonyl (C=O) groups is 1. The number of oxazole rings is 1. The molecule has 0 aliphatic rings. The molecule has 0 bridgehead atoms. The lowest BCUT2D eigenvalue weighted by Crippen LogP contribution is -2.18. The summed E-state index contributed by atoms with van der Waals surface area (Å²) in [6.45, 7) is 8.43. The normalized spacial score (nSPS) is 12.6. The molecule has 0 spiro atoms. The van der Waals surface area contributed by atoms with Crippen LogP contribution in [0.2, 0.25) is 0 Å². The van der Waals surface area contributed by atoms with Crippen molar-refractivity contribution in [2.24, 2.45) is 5.41 Å². The molecule has 2 aromatic carbocycles. The Morgan fingerprint density at radius 2 is 1.91 bits per heavy atom. The maximum absolute atomic E-state index is 12.9. The SMILES string of the molecule is COc1ccc2cc([C@H](C)C(=O)Nc3ncc(SCc4ncc(CC(C)(C)C)o4)s3)ccc2c1. The molecule has 1 N–H and O–H groups in total. The Labute approximate surface area is 208 Å². The third-order valence-electron chi connectivity index (χ3n) is 5.32. The zero-order valence-corrected chi connectivity index (χ0v) is 21.7. The minimum Gasteiger partial charge on any atom is -0.497 e. The van der Waals surface area contributed by atoms with E-state index >= 15 is 0 Å². The summed E-state index contributed by atoms with van der Waals surface area (Å²) in [4.78, 5) is 21.6. The Hall–Kier alpha value is -2.84. The van der Waals surface area contributed by atoms with Gasteiger partial charge < -0.3 is 14.5 Å². The van der Waals surface area contributed by atoms with E-state index in [4.69, 9.17) is 9.15 Å². The van der Waals surface area contributed by atoms with Crippen LogP contribution in [0.25, 0.3) is 10.8 Å². The Morgan fingerprint density at radius 3 is 2.68 bits per heavy atom. The van der Waals surface area contributed by atoms with E-state index in [0.29, 0.717) is 16.8 Å². The molecule has 6 nitrogen and oxygen atoms in total. The maximum atomic E-state index is 12.9. The summed E-state index contributed by atoms with van der Waals surface area (Å²) in [5.74, 6) is 2.65. The average Bonchev–Trinajstić information content (AvgIpc) is 3.44. The van der Waals surface area contributed by atoms with Gasteiger partial charge in [-0.25, -0.2) is 9.97 Å². The Balaban J connectivity index is 1.34. The standard InChI is InChI=1S/C26H29N3O3S2/c1-16(17-6-7-19-11-20(31-5)9-8-18(19)10-17)24(30)29-25-28-14-23(34-25)33-15-22-27-13-21(32-22)12-26(2,3)4/h6-11,13-14,16H,12,15H2,1-5H3,(H,28,29,30)/t16-/m0/s1. The molecule has 0 aliphatic carbocycles. The van der Waals surface area contributed by atoms with Crippen LogP contribution in [0.4, 0.5) is 5.13 Å². The van der Waals surface area contributed by atoms with E-state index in [-0.39, 0.29) is 17.2 Å². The van der Waals surface area contributed by atoms with E-state index in [1.165, 1.54) is 11.3 Å². The number of nitrogens with one attached hydrogen (secondary N) is 1. The van der Waals surface area contributed by atoms with Gasteiger partial charge in [-0.2, -0.15) is 0 Å². The first-order valence-electron chi connectivity index (χ1n) is 11.1. The summed E-state index contributed by atoms with van der Waals surface area (Å²) in [6, 6.07) is 12.0. The van der Waals surface area contributed by atoms with Crippen molar-refractivity contribution < 1.29 is 13.9 Å². The van der Waals surface area contributed by atoms with Gasteiger partial charge in [-0.1, -0.05) is 56.4 Å². The summed E-state index contributed by atoms with van der Waals surface area (Å²) in [6.07, 6.45) is 4.44. The molecule has 34 heavy (non-hydrogen) atoms. The molecule has 4 rings (SSSR count). The minimum atomic E-state index is -0.305. The van der Waals surface area contributed by atoms with Crippen LogP contribution in [0, 0.1) is 5.41 Å². The number of anilines is 1. The smallest absolute Gasteiger partial charge is 0.233 e. The van der Waals surface area contributed by atoms with Crippen LogP contribution in [0.5, 0.6) is 5.75 Å². The fraction of sp³-hybridized carbons (Fsp3) is 0.346. The van der Waals surface area contributed by atoms with Gasteiger partial charge in [-0.05, 0) is 40.8 Å². The number of thioether (sulfide) groups is 1. The second-order valence-electron chi connectivity index (χ2n) is 9.41. The number of hydrogen-bond donors (Lipinski definition) is 1. The van der Waals surface area contributed by atoms with Crippen molar-refractivity contribution in [3.63, 3.8) is 0 Å². The molecular formula is C26H29N3O3S2. The molecule has 0 saturated carbocycles. The molecule has 0 aliphatic heterocycles. The van der Waals surface area contributed by atoms with Crippen LogP contribution in [-0.2, 0) is 17.0 Å². The van der Waals surface area contributed by atoms with Crippen molar-refractivity contribution in [3.8, 4) is 5.75 Å². The number of ether oxygens (including phenoxy) is 1. The van der Waals surface area contributed by atoms with Crippen molar-refractivity contribution in [1.82, 2.24) is 9.97 Å². The van der Waals surface area contributed by atoms with Gasteiger partial charge in [0.1, 0.15) is 11.5 Å². The molecular weight excluding hydrogens is 466 g/mol. The predicted octanol–water partition coefficient (Wildman–Crippen LogP) is 6.92. The number of nitrogens with zero attached hydrogens (tertiary/aromatic N) is 2. The number of aromatic nitrogens is 2. The quantitative estimate of drug-likeness (QED) is 0.267. The number of carbonyl (C=O) groups excluding carboxylic acids is 1. The molecule has 178 valence electrons. The van der Waals surface area contributed by atoms with E-state index in [1.54, 1.807) is 25.1 Å². The van der Waals surface area contributed by atoms with Crippen molar-refractivity contribution in [2.75, 3.05) is 12.4 Å². The molecule has 0 fully saturated rings. The van der Waals surface area contributed by atoms with E-state index in [2.05, 4.69) is 36.1 Å². The Bertz CT molecular complexity index is 1290. The van der Waals surface area contributed by atoms with Gasteiger partial charge >= 0.3 is 0 Å². The highest BCUT2D eigenvalue weighted by molar-refractivity contribution is 8.00. The summed E-state index contributed by atoms with van der Waals surface area (Å²) in [7, 11) is 1.66. The maximum Gasteiger partial charge on any atom is 0.233 e. The fourth-order valence-electron chi connectivity index (χ4n) is 3.54. The number of hydrogen-bond acceptors (Lipinski definition) is 7. The van der Waals surface area contributed by atoms with Gasteiger partial charge in [0.15, 0.2) is 5.13 Å². The van der Waals surface area contributed by atoms with E-state index in [1.807, 2.05) is 49.5 Å². The van der Waals surface area contributed by atoms with Gasteiger partial charge in [0.05, 0.1) is 35.4 Å². The molecule has 1 amide bonds. The van der Waals surface area contributed by atoms with Crippen LogP contribution >= 0.6 is 23.1 Å². The molecule has 0 radical (unpaired) electrons. The van der Waals surface area contributed by atoms with Crippen molar-refractivity contribution in [3.05, 3.63) is 66.0 Å². The highest BCUT2D eigenvalue weighted by atomic mass is 32.2. The van der Waals surface area contributed by atoms with Crippen molar-refractivity contribution in [2.45, 2.75) is 50.0 Å². The molecule has 2 heterocycles. The lowest BCUT2D eigenvalue weighted by Gasteiger charge is -2.15. The summed E-state index contributed by atoms with van der Waals surface area (Å²) in [5, 5.41) is 5.69. The highest BCUT2D eigenvalue weighted by Crippen LogP contribution is 2.32. The Kier molecular flexibility index (Phi) is 7.28. The van der Waals surface area contributed by atoms with Crippen LogP contribution < -0.4 is 10.1 Å². The average molecular weight is 496 g/mol. The largest absolute Gasteiger partial charge is 0.497 e. The molecule has 2 aromatic heterocycles. The number of rotatable bonds is 8. The van der Waals surface area contributed by atoms with Crippen LogP contribution in [0.1, 0.15) is 50.8 Å². The zero-order valence-electron chi connectivity index (χ0n) is 20.0. The van der Waals surface area contributed by atoms with Gasteiger partial charge in [0.2, 0.25) is 11.8 Å². The molecule has 8 heteroatoms. The second-order valence-corrected chi connectivity index (χ2v) is 11.7. The number of fused-ring (bicyclic) bond motifs is 1. The number of thiazole rings is 1. The van der Waals surface area contributed by atoms with Gasteiger partial charge in [-0.15, -0.1) is 11.8 Å². The van der Waals surface area contributed by atoms with Gasteiger partial charge in [0.25, 0.3) is 0 Å². The fourth-order valence-corrected chi connectivity index (χ4v) is 5.27. The van der Waals surface area contributed by atoms with E-state index in [0.717, 1.165) is 38.5 Å². The molecule has 1 atom stereocenters. The van der Waals surface area contributed by atoms with Crippen molar-refractivity contribution >= 4 is 44.9 Å². The summed E-state index contributed by atoms with van der Waals surface area (Å²) >= 11 is 3.05. The lowest BCUT2D eigenvalue weighted by atomic mass is 9.91. The first-order chi connectivity index (χ1) is 16.2. The predicted molar refractivity (Wildman–Crippen MR) is 139 cm³/mol. The first-order valence-corrected chi connectivity index (χ1v) is 12.9. The summed E-state index contributed by atoms with van der Waals surface area (Å²) in [5.41, 5.74) is 1.11. The number of methoxy groups -OCH3 is 1. The van der Waals surface area contributed by atoms with Crippen LogP contribution in [0.15, 0.2) is 57.4 Å². The first kappa shape index (κ1) is 24.3. The van der Waals surface area contributed by atoms with Crippen molar-refractivity contribution in [1.29, 1.82) is 0 Å². The second kappa shape index (κ2) is 10.2. The van der Waals surface area contributed by atoms with E-state index in [9.17, 15) is 4.79 Å². The molecule has 0 unspecified atom stereocenters. The van der Waals surface area contributed by atoms with Gasteiger partial charge in [0, 0.05) is 6.42 Å². The molecule has 4 aromatic rings. The van der Waals surface area contributed by atoms with Gasteiger partial charge in [-0.3, -0.25) is 4.79 Å².